The summed E-state index contributed by atoms with van der Waals surface area (Å²) in [4.78, 5) is 0. The van der Waals surface area contributed by atoms with Crippen LogP contribution in [0.4, 0.5) is 0 Å². The second kappa shape index (κ2) is 5.22. The van der Waals surface area contributed by atoms with Crippen LogP contribution in [-0.4, -0.2) is 6.04 Å². The highest BCUT2D eigenvalue weighted by atomic mass is 14.7. The molecule has 2 N–H and O–H groups in total. The predicted octanol–water partition coefficient (Wildman–Crippen LogP) is 3.80. The van der Waals surface area contributed by atoms with Crippen LogP contribution in [0.25, 0.3) is 0 Å². The van der Waals surface area contributed by atoms with Crippen molar-refractivity contribution in [1.82, 2.24) is 0 Å². The quantitative estimate of drug-likeness (QED) is 0.838. The van der Waals surface area contributed by atoms with Crippen molar-refractivity contribution in [3.63, 3.8) is 0 Å². The van der Waals surface area contributed by atoms with E-state index in [4.69, 9.17) is 5.73 Å². The molecule has 17 heavy (non-hydrogen) atoms. The van der Waals surface area contributed by atoms with Crippen LogP contribution in [0.5, 0.6) is 0 Å². The topological polar surface area (TPSA) is 26.0 Å². The lowest BCUT2D eigenvalue weighted by molar-refractivity contribution is 0.261. The van der Waals surface area contributed by atoms with Gasteiger partial charge in [-0.3, -0.25) is 0 Å². The van der Waals surface area contributed by atoms with Gasteiger partial charge in [-0.15, -0.1) is 0 Å². The van der Waals surface area contributed by atoms with Crippen LogP contribution >= 0.6 is 0 Å². The van der Waals surface area contributed by atoms with Gasteiger partial charge in [-0.05, 0) is 36.8 Å². The molecule has 0 spiro atoms. The average Bonchev–Trinajstić information content (AvgIpc) is 2.35. The SMILES string of the molecule is CCCC1(CCC)c2ccccc2CCC1N. The Morgan fingerprint density at radius 3 is 2.47 bits per heavy atom. The molecule has 94 valence electrons. The Morgan fingerprint density at radius 2 is 1.82 bits per heavy atom. The molecule has 0 saturated carbocycles. The van der Waals surface area contributed by atoms with Crippen LogP contribution in [0.3, 0.4) is 0 Å². The molecule has 1 unspecified atom stereocenters. The number of benzene rings is 1. The third-order valence-electron chi connectivity index (χ3n) is 4.38. The highest BCUT2D eigenvalue weighted by Gasteiger charge is 2.40. The summed E-state index contributed by atoms with van der Waals surface area (Å²) in [5, 5.41) is 0. The molecule has 2 rings (SSSR count). The minimum absolute atomic E-state index is 0.248. The molecule has 0 radical (unpaired) electrons. The van der Waals surface area contributed by atoms with E-state index in [2.05, 4.69) is 38.1 Å². The number of hydrogen-bond donors (Lipinski definition) is 1. The van der Waals surface area contributed by atoms with E-state index < -0.39 is 0 Å². The zero-order chi connectivity index (χ0) is 12.3. The van der Waals surface area contributed by atoms with Crippen molar-refractivity contribution in [1.29, 1.82) is 0 Å². The molecular weight excluding hydrogens is 206 g/mol. The van der Waals surface area contributed by atoms with Gasteiger partial charge in [0.05, 0.1) is 0 Å². The normalized spacial score (nSPS) is 22.2. The molecule has 1 aromatic carbocycles. The van der Waals surface area contributed by atoms with Crippen molar-refractivity contribution in [2.75, 3.05) is 0 Å². The van der Waals surface area contributed by atoms with Gasteiger partial charge in [0.25, 0.3) is 0 Å². The third kappa shape index (κ3) is 2.13. The summed E-state index contributed by atoms with van der Waals surface area (Å²) in [5.74, 6) is 0. The molecule has 1 heteroatoms. The van der Waals surface area contributed by atoms with Crippen LogP contribution in [0.1, 0.15) is 57.1 Å². The number of aryl methyl sites for hydroxylation is 1. The number of fused-ring (bicyclic) bond motifs is 1. The Balaban J connectivity index is 2.47. The van der Waals surface area contributed by atoms with E-state index in [0.29, 0.717) is 6.04 Å². The van der Waals surface area contributed by atoms with Crippen molar-refractivity contribution in [2.45, 2.75) is 63.8 Å². The summed E-state index contributed by atoms with van der Waals surface area (Å²) in [6, 6.07) is 9.30. The van der Waals surface area contributed by atoms with Gasteiger partial charge in [0.2, 0.25) is 0 Å². The minimum Gasteiger partial charge on any atom is -0.327 e. The molecule has 1 aliphatic carbocycles. The molecule has 0 bridgehead atoms. The van der Waals surface area contributed by atoms with E-state index >= 15 is 0 Å². The lowest BCUT2D eigenvalue weighted by Crippen LogP contribution is -2.48. The van der Waals surface area contributed by atoms with Gasteiger partial charge in [0, 0.05) is 11.5 Å². The number of hydrogen-bond acceptors (Lipinski definition) is 1. The fourth-order valence-corrected chi connectivity index (χ4v) is 3.67. The summed E-state index contributed by atoms with van der Waals surface area (Å²) >= 11 is 0. The molecule has 0 saturated heterocycles. The Labute approximate surface area is 105 Å². The fraction of sp³-hybridized carbons (Fsp3) is 0.625. The van der Waals surface area contributed by atoms with Crippen LogP contribution in [0, 0.1) is 0 Å². The molecule has 1 nitrogen and oxygen atoms in total. The highest BCUT2D eigenvalue weighted by molar-refractivity contribution is 5.39. The lowest BCUT2D eigenvalue weighted by atomic mass is 9.62. The zero-order valence-corrected chi connectivity index (χ0v) is 11.2. The van der Waals surface area contributed by atoms with Gasteiger partial charge in [-0.2, -0.15) is 0 Å². The first-order chi connectivity index (χ1) is 8.24. The fourth-order valence-electron chi connectivity index (χ4n) is 3.67. The predicted molar refractivity (Wildman–Crippen MR) is 74.2 cm³/mol. The minimum atomic E-state index is 0.248. The van der Waals surface area contributed by atoms with Gasteiger partial charge in [-0.1, -0.05) is 51.0 Å². The molecule has 0 aromatic heterocycles. The standard InChI is InChI=1S/C16H25N/c1-3-11-16(12-4-2)14-8-6-5-7-13(14)9-10-15(16)17/h5-8,15H,3-4,9-12,17H2,1-2H3. The molecular formula is C16H25N. The van der Waals surface area contributed by atoms with Crippen LogP contribution in [-0.2, 0) is 11.8 Å². The molecule has 1 atom stereocenters. The second-order valence-electron chi connectivity index (χ2n) is 5.46. The molecule has 0 heterocycles. The first-order valence-corrected chi connectivity index (χ1v) is 7.08. The number of rotatable bonds is 4. The van der Waals surface area contributed by atoms with E-state index in [9.17, 15) is 0 Å². The maximum absolute atomic E-state index is 6.50. The van der Waals surface area contributed by atoms with Gasteiger partial charge in [0.15, 0.2) is 0 Å². The van der Waals surface area contributed by atoms with Gasteiger partial charge < -0.3 is 5.73 Å². The summed E-state index contributed by atoms with van der Waals surface area (Å²) in [7, 11) is 0. The first-order valence-electron chi connectivity index (χ1n) is 7.08. The first kappa shape index (κ1) is 12.6. The largest absolute Gasteiger partial charge is 0.327 e. The van der Waals surface area contributed by atoms with Crippen LogP contribution in [0.2, 0.25) is 0 Å². The molecule has 1 aliphatic rings. The smallest absolute Gasteiger partial charge is 0.0140 e. The third-order valence-corrected chi connectivity index (χ3v) is 4.38. The van der Waals surface area contributed by atoms with E-state index in [1.165, 1.54) is 31.2 Å². The summed E-state index contributed by atoms with van der Waals surface area (Å²) < 4.78 is 0. The van der Waals surface area contributed by atoms with Crippen molar-refractivity contribution in [2.24, 2.45) is 5.73 Å². The maximum atomic E-state index is 6.50. The zero-order valence-electron chi connectivity index (χ0n) is 11.2. The highest BCUT2D eigenvalue weighted by Crippen LogP contribution is 2.43. The van der Waals surface area contributed by atoms with Crippen LogP contribution < -0.4 is 5.73 Å². The van der Waals surface area contributed by atoms with Crippen molar-refractivity contribution >= 4 is 0 Å². The van der Waals surface area contributed by atoms with Crippen molar-refractivity contribution in [3.8, 4) is 0 Å². The number of nitrogens with two attached hydrogens (primary N) is 1. The summed E-state index contributed by atoms with van der Waals surface area (Å²) in [6.07, 6.45) is 7.23. The summed E-state index contributed by atoms with van der Waals surface area (Å²) in [6.45, 7) is 4.56. The van der Waals surface area contributed by atoms with Crippen molar-refractivity contribution < 1.29 is 0 Å². The molecule has 1 aromatic rings. The van der Waals surface area contributed by atoms with E-state index in [-0.39, 0.29) is 5.41 Å². The van der Waals surface area contributed by atoms with Crippen LogP contribution in [0.15, 0.2) is 24.3 Å². The Morgan fingerprint density at radius 1 is 1.18 bits per heavy atom. The van der Waals surface area contributed by atoms with Crippen molar-refractivity contribution in [3.05, 3.63) is 35.4 Å². The Bertz CT molecular complexity index is 364. The maximum Gasteiger partial charge on any atom is 0.0140 e. The molecule has 0 fully saturated rings. The van der Waals surface area contributed by atoms with E-state index in [1.807, 2.05) is 0 Å². The average molecular weight is 231 g/mol. The van der Waals surface area contributed by atoms with Gasteiger partial charge in [0.1, 0.15) is 0 Å². The lowest BCUT2D eigenvalue weighted by Gasteiger charge is -2.44. The van der Waals surface area contributed by atoms with Gasteiger partial charge >= 0.3 is 0 Å². The molecule has 0 aliphatic heterocycles. The Kier molecular flexibility index (Phi) is 3.88. The second-order valence-corrected chi connectivity index (χ2v) is 5.46. The molecule has 0 amide bonds. The summed E-state index contributed by atoms with van der Waals surface area (Å²) in [5.41, 5.74) is 9.83. The van der Waals surface area contributed by atoms with E-state index in [1.54, 1.807) is 5.56 Å². The Hall–Kier alpha value is -0.820. The van der Waals surface area contributed by atoms with E-state index in [0.717, 1.165) is 12.8 Å². The monoisotopic (exact) mass is 231 g/mol. The van der Waals surface area contributed by atoms with Gasteiger partial charge in [-0.25, -0.2) is 0 Å².